The number of rotatable bonds is 4. The average Bonchev–Trinajstić information content (AvgIpc) is 3.31. The van der Waals surface area contributed by atoms with Gasteiger partial charge in [-0.15, -0.1) is 0 Å². The van der Waals surface area contributed by atoms with Crippen molar-refractivity contribution < 1.29 is 14.7 Å². The first-order valence-electron chi connectivity index (χ1n) is 8.97. The summed E-state index contributed by atoms with van der Waals surface area (Å²) in [4.78, 5) is 28.7. The van der Waals surface area contributed by atoms with Gasteiger partial charge in [-0.3, -0.25) is 4.79 Å². The van der Waals surface area contributed by atoms with Crippen molar-refractivity contribution in [3.8, 4) is 5.69 Å². The van der Waals surface area contributed by atoms with Gasteiger partial charge in [0.25, 0.3) is 5.91 Å². The fraction of sp³-hybridized carbons (Fsp3) is 0.0455. The summed E-state index contributed by atoms with van der Waals surface area (Å²) < 4.78 is 1.82. The van der Waals surface area contributed by atoms with Crippen LogP contribution in [0.25, 0.3) is 11.8 Å². The highest BCUT2D eigenvalue weighted by Crippen LogP contribution is 2.30. The third-order valence-corrected chi connectivity index (χ3v) is 5.62. The highest BCUT2D eigenvalue weighted by atomic mass is 35.5. The van der Waals surface area contributed by atoms with Crippen LogP contribution in [0.4, 0.5) is 5.69 Å². The van der Waals surface area contributed by atoms with Gasteiger partial charge in [-0.25, -0.2) is 9.79 Å². The molecule has 1 aliphatic rings. The molecule has 0 unspecified atom stereocenters. The van der Waals surface area contributed by atoms with E-state index in [1.807, 2.05) is 42.0 Å². The summed E-state index contributed by atoms with van der Waals surface area (Å²) >= 11 is 7.28. The van der Waals surface area contributed by atoms with E-state index >= 15 is 0 Å². The maximum Gasteiger partial charge on any atom is 0.335 e. The number of carboxylic acid groups (broad SMARTS) is 1. The maximum atomic E-state index is 12.5. The number of benzene rings is 2. The number of carboxylic acids is 1. The van der Waals surface area contributed by atoms with Crippen molar-refractivity contribution in [2.24, 2.45) is 4.99 Å². The Labute approximate surface area is 181 Å². The first kappa shape index (κ1) is 20.0. The number of thioether (sulfide) groups is 1. The van der Waals surface area contributed by atoms with Crippen molar-refractivity contribution in [2.45, 2.75) is 6.92 Å². The summed E-state index contributed by atoms with van der Waals surface area (Å²) in [6.07, 6.45) is 3.57. The van der Waals surface area contributed by atoms with Gasteiger partial charge in [0.2, 0.25) is 0 Å². The molecule has 1 saturated heterocycles. The highest BCUT2D eigenvalue weighted by molar-refractivity contribution is 8.18. The second-order valence-electron chi connectivity index (χ2n) is 6.57. The van der Waals surface area contributed by atoms with Gasteiger partial charge < -0.3 is 15.0 Å². The molecule has 3 aromatic rings. The molecule has 1 aliphatic heterocycles. The predicted octanol–water partition coefficient (Wildman–Crippen LogP) is 5.03. The molecule has 2 heterocycles. The van der Waals surface area contributed by atoms with Gasteiger partial charge in [-0.1, -0.05) is 23.7 Å². The van der Waals surface area contributed by atoms with Crippen LogP contribution in [0.5, 0.6) is 0 Å². The lowest BCUT2D eigenvalue weighted by Gasteiger charge is -2.07. The standard InChI is InChI=1S/C22H16ClN3O3S/c1-13-7-8-15(23)11-18(13)24-22-25-20(27)19(30-22)12-17-6-3-9-26(17)16-5-2-4-14(10-16)21(28)29/h2-12H,1H3,(H,28,29)(H,24,25,27)/b19-12-. The van der Waals surface area contributed by atoms with Crippen LogP contribution in [-0.4, -0.2) is 26.7 Å². The zero-order valence-electron chi connectivity index (χ0n) is 15.8. The molecule has 0 atom stereocenters. The number of nitrogens with one attached hydrogen (secondary N) is 1. The van der Waals surface area contributed by atoms with Crippen LogP contribution in [0.2, 0.25) is 5.02 Å². The van der Waals surface area contributed by atoms with E-state index in [9.17, 15) is 14.7 Å². The molecule has 0 spiro atoms. The largest absolute Gasteiger partial charge is 0.478 e. The molecule has 1 amide bonds. The Hall–Kier alpha value is -3.29. The number of aromatic nitrogens is 1. The summed E-state index contributed by atoms with van der Waals surface area (Å²) in [7, 11) is 0. The quantitative estimate of drug-likeness (QED) is 0.561. The Morgan fingerprint density at radius 1 is 1.20 bits per heavy atom. The molecule has 0 radical (unpaired) electrons. The van der Waals surface area contributed by atoms with Crippen LogP contribution in [0.1, 0.15) is 21.6 Å². The minimum absolute atomic E-state index is 0.194. The number of amidine groups is 1. The third kappa shape index (κ3) is 4.17. The second kappa shape index (κ2) is 8.22. The SMILES string of the molecule is Cc1ccc(Cl)cc1N=C1NC(=O)/C(=C/c2cccn2-c2cccc(C(=O)O)c2)S1. The van der Waals surface area contributed by atoms with Crippen molar-refractivity contribution in [1.29, 1.82) is 0 Å². The Kier molecular flexibility index (Phi) is 5.48. The number of hydrogen-bond acceptors (Lipinski definition) is 4. The zero-order valence-corrected chi connectivity index (χ0v) is 17.4. The lowest BCUT2D eigenvalue weighted by Crippen LogP contribution is -2.19. The molecule has 2 N–H and O–H groups in total. The van der Waals surface area contributed by atoms with E-state index in [-0.39, 0.29) is 11.5 Å². The molecule has 0 aliphatic carbocycles. The summed E-state index contributed by atoms with van der Waals surface area (Å²) in [5.74, 6) is -1.24. The summed E-state index contributed by atoms with van der Waals surface area (Å²) in [5, 5.41) is 13.0. The average molecular weight is 438 g/mol. The molecular weight excluding hydrogens is 422 g/mol. The third-order valence-electron chi connectivity index (χ3n) is 4.47. The van der Waals surface area contributed by atoms with E-state index in [0.29, 0.717) is 26.5 Å². The molecule has 1 aromatic heterocycles. The predicted molar refractivity (Wildman–Crippen MR) is 120 cm³/mol. The first-order chi connectivity index (χ1) is 14.4. The molecule has 150 valence electrons. The minimum Gasteiger partial charge on any atom is -0.478 e. The van der Waals surface area contributed by atoms with Crippen LogP contribution < -0.4 is 5.32 Å². The number of aryl methyl sites for hydroxylation is 1. The van der Waals surface area contributed by atoms with Crippen molar-refractivity contribution in [3.63, 3.8) is 0 Å². The van der Waals surface area contributed by atoms with Gasteiger partial charge in [0.1, 0.15) is 0 Å². The smallest absolute Gasteiger partial charge is 0.335 e. The van der Waals surface area contributed by atoms with Gasteiger partial charge in [0, 0.05) is 22.6 Å². The van der Waals surface area contributed by atoms with E-state index in [0.717, 1.165) is 11.3 Å². The Morgan fingerprint density at radius 2 is 2.03 bits per heavy atom. The zero-order chi connectivity index (χ0) is 21.3. The molecule has 0 saturated carbocycles. The van der Waals surface area contributed by atoms with Gasteiger partial charge in [0.05, 0.1) is 16.2 Å². The number of amides is 1. The van der Waals surface area contributed by atoms with Crippen LogP contribution in [0.15, 0.2) is 70.7 Å². The molecule has 1 fully saturated rings. The molecule has 6 nitrogen and oxygen atoms in total. The Balaban J connectivity index is 1.64. The summed E-state index contributed by atoms with van der Waals surface area (Å²) in [5.41, 5.74) is 3.28. The fourth-order valence-electron chi connectivity index (χ4n) is 2.96. The number of aliphatic imine (C=N–C) groups is 1. The van der Waals surface area contributed by atoms with Crippen LogP contribution in [0, 0.1) is 6.92 Å². The Morgan fingerprint density at radius 3 is 2.83 bits per heavy atom. The second-order valence-corrected chi connectivity index (χ2v) is 8.04. The van der Waals surface area contributed by atoms with Crippen LogP contribution in [0.3, 0.4) is 0 Å². The molecular formula is C22H16ClN3O3S. The molecule has 2 aromatic carbocycles. The number of halogens is 1. The lowest BCUT2D eigenvalue weighted by atomic mass is 10.2. The van der Waals surface area contributed by atoms with Crippen LogP contribution in [-0.2, 0) is 4.79 Å². The summed E-state index contributed by atoms with van der Waals surface area (Å²) in [6.45, 7) is 1.92. The number of carbonyl (C=O) groups excluding carboxylic acids is 1. The van der Waals surface area contributed by atoms with Gasteiger partial charge in [-0.05, 0) is 72.8 Å². The van der Waals surface area contributed by atoms with Gasteiger partial charge in [-0.2, -0.15) is 0 Å². The summed E-state index contributed by atoms with van der Waals surface area (Å²) in [6, 6.07) is 15.7. The topological polar surface area (TPSA) is 83.7 Å². The normalized spacial score (nSPS) is 16.3. The van der Waals surface area contributed by atoms with E-state index in [4.69, 9.17) is 11.6 Å². The monoisotopic (exact) mass is 437 g/mol. The van der Waals surface area contributed by atoms with Crippen molar-refractivity contribution in [2.75, 3.05) is 0 Å². The lowest BCUT2D eigenvalue weighted by molar-refractivity contribution is -0.115. The van der Waals surface area contributed by atoms with Crippen LogP contribution >= 0.6 is 23.4 Å². The number of aromatic carboxylic acids is 1. The van der Waals surface area contributed by atoms with Crippen molar-refractivity contribution >= 4 is 52.2 Å². The van der Waals surface area contributed by atoms with Gasteiger partial charge in [0.15, 0.2) is 5.17 Å². The first-order valence-corrected chi connectivity index (χ1v) is 10.2. The minimum atomic E-state index is -0.994. The highest BCUT2D eigenvalue weighted by Gasteiger charge is 2.24. The number of hydrogen-bond donors (Lipinski definition) is 2. The van der Waals surface area contributed by atoms with E-state index in [1.54, 1.807) is 30.3 Å². The molecule has 4 rings (SSSR count). The Bertz CT molecular complexity index is 1230. The maximum absolute atomic E-state index is 12.5. The fourth-order valence-corrected chi connectivity index (χ4v) is 3.95. The number of carbonyl (C=O) groups is 2. The molecule has 8 heteroatoms. The van der Waals surface area contributed by atoms with Crippen molar-refractivity contribution in [1.82, 2.24) is 9.88 Å². The van der Waals surface area contributed by atoms with E-state index < -0.39 is 5.97 Å². The van der Waals surface area contributed by atoms with E-state index in [1.165, 1.54) is 17.8 Å². The van der Waals surface area contributed by atoms with E-state index in [2.05, 4.69) is 10.3 Å². The molecule has 0 bridgehead atoms. The molecule has 30 heavy (non-hydrogen) atoms. The van der Waals surface area contributed by atoms with Crippen molar-refractivity contribution in [3.05, 3.63) is 87.5 Å². The van der Waals surface area contributed by atoms with Gasteiger partial charge >= 0.3 is 5.97 Å². The number of nitrogens with zero attached hydrogens (tertiary/aromatic N) is 2.